The van der Waals surface area contributed by atoms with Crippen LogP contribution >= 0.6 is 11.3 Å². The quantitative estimate of drug-likeness (QED) is 0.663. The predicted molar refractivity (Wildman–Crippen MR) is 105 cm³/mol. The Morgan fingerprint density at radius 1 is 1.07 bits per heavy atom. The second-order valence-electron chi connectivity index (χ2n) is 6.64. The lowest BCUT2D eigenvalue weighted by molar-refractivity contribution is 0.0948. The average Bonchev–Trinajstić information content (AvgIpc) is 3.34. The number of nitrogens with one attached hydrogen (secondary N) is 2. The lowest BCUT2D eigenvalue weighted by Crippen LogP contribution is -2.25. The maximum atomic E-state index is 13.1. The molecule has 0 saturated heterocycles. The molecule has 2 heterocycles. The van der Waals surface area contributed by atoms with E-state index in [0.717, 1.165) is 36.1 Å². The molecule has 2 aromatic heterocycles. The number of anilines is 1. The highest BCUT2D eigenvalue weighted by Crippen LogP contribution is 2.38. The molecule has 2 amide bonds. The molecule has 5 nitrogen and oxygen atoms in total. The number of rotatable bonds is 5. The fourth-order valence-electron chi connectivity index (χ4n) is 3.34. The van der Waals surface area contributed by atoms with Gasteiger partial charge < -0.3 is 15.1 Å². The van der Waals surface area contributed by atoms with E-state index in [-0.39, 0.29) is 18.4 Å². The van der Waals surface area contributed by atoms with Gasteiger partial charge in [0.05, 0.1) is 18.4 Å². The highest BCUT2D eigenvalue weighted by molar-refractivity contribution is 7.17. The Balaban J connectivity index is 1.59. The van der Waals surface area contributed by atoms with E-state index in [1.54, 1.807) is 18.4 Å². The SMILES string of the molecule is O=C(Nc1sc2c(c1C(=O)NCc1ccco1)CCCC2)c1ccc(F)cc1. The molecule has 0 aliphatic heterocycles. The first-order chi connectivity index (χ1) is 13.6. The number of halogens is 1. The van der Waals surface area contributed by atoms with E-state index in [1.807, 2.05) is 0 Å². The topological polar surface area (TPSA) is 71.3 Å². The maximum Gasteiger partial charge on any atom is 0.256 e. The zero-order valence-corrected chi connectivity index (χ0v) is 15.9. The highest BCUT2D eigenvalue weighted by atomic mass is 32.1. The standard InChI is InChI=1S/C21H19FN2O3S/c22-14-9-7-13(8-10-14)19(25)24-21-18(16-5-1-2-6-17(16)28-21)20(26)23-12-15-4-3-11-27-15/h3-4,7-11H,1-2,5-6,12H2,(H,23,26)(H,24,25). The van der Waals surface area contributed by atoms with Gasteiger partial charge in [0.15, 0.2) is 0 Å². The van der Waals surface area contributed by atoms with E-state index >= 15 is 0 Å². The Kier molecular flexibility index (Phi) is 5.25. The van der Waals surface area contributed by atoms with Crippen LogP contribution in [0, 0.1) is 5.82 Å². The third-order valence-corrected chi connectivity index (χ3v) is 5.94. The van der Waals surface area contributed by atoms with Crippen molar-refractivity contribution in [2.75, 3.05) is 5.32 Å². The molecule has 7 heteroatoms. The number of benzene rings is 1. The van der Waals surface area contributed by atoms with Crippen molar-refractivity contribution in [3.05, 3.63) is 75.8 Å². The van der Waals surface area contributed by atoms with Crippen LogP contribution in [-0.2, 0) is 19.4 Å². The van der Waals surface area contributed by atoms with Gasteiger partial charge in [0.25, 0.3) is 11.8 Å². The smallest absolute Gasteiger partial charge is 0.256 e. The second kappa shape index (κ2) is 7.98. The van der Waals surface area contributed by atoms with Crippen molar-refractivity contribution >= 4 is 28.2 Å². The Bertz CT molecular complexity index is 994. The van der Waals surface area contributed by atoms with E-state index < -0.39 is 5.82 Å². The molecule has 1 aliphatic carbocycles. The van der Waals surface area contributed by atoms with E-state index in [1.165, 1.54) is 35.6 Å². The molecule has 0 radical (unpaired) electrons. The van der Waals surface area contributed by atoms with Crippen molar-refractivity contribution in [1.82, 2.24) is 5.32 Å². The fourth-order valence-corrected chi connectivity index (χ4v) is 4.62. The minimum Gasteiger partial charge on any atom is -0.467 e. The number of furan rings is 1. The van der Waals surface area contributed by atoms with Crippen LogP contribution in [0.15, 0.2) is 47.1 Å². The van der Waals surface area contributed by atoms with Gasteiger partial charge in [-0.3, -0.25) is 9.59 Å². The van der Waals surface area contributed by atoms with Crippen LogP contribution in [0.3, 0.4) is 0 Å². The summed E-state index contributed by atoms with van der Waals surface area (Å²) in [6.07, 6.45) is 5.38. The molecule has 1 aromatic carbocycles. The molecule has 0 unspecified atom stereocenters. The van der Waals surface area contributed by atoms with Crippen molar-refractivity contribution in [1.29, 1.82) is 0 Å². The summed E-state index contributed by atoms with van der Waals surface area (Å²) in [5, 5.41) is 6.26. The first kappa shape index (κ1) is 18.4. The molecule has 28 heavy (non-hydrogen) atoms. The molecule has 3 aromatic rings. The summed E-state index contributed by atoms with van der Waals surface area (Å²) in [5.74, 6) is -0.334. The minimum atomic E-state index is -0.402. The molecule has 144 valence electrons. The van der Waals surface area contributed by atoms with Gasteiger partial charge in [0, 0.05) is 10.4 Å². The summed E-state index contributed by atoms with van der Waals surface area (Å²) in [6, 6.07) is 8.89. The van der Waals surface area contributed by atoms with Crippen LogP contribution in [0.2, 0.25) is 0 Å². The number of hydrogen-bond acceptors (Lipinski definition) is 4. The number of carbonyl (C=O) groups excluding carboxylic acids is 2. The van der Waals surface area contributed by atoms with Crippen LogP contribution in [0.4, 0.5) is 9.39 Å². The van der Waals surface area contributed by atoms with Gasteiger partial charge >= 0.3 is 0 Å². The van der Waals surface area contributed by atoms with Crippen molar-refractivity contribution in [3.63, 3.8) is 0 Å². The summed E-state index contributed by atoms with van der Waals surface area (Å²) in [4.78, 5) is 26.6. The monoisotopic (exact) mass is 398 g/mol. The molecule has 0 fully saturated rings. The summed E-state index contributed by atoms with van der Waals surface area (Å²) >= 11 is 1.45. The van der Waals surface area contributed by atoms with Crippen LogP contribution in [0.1, 0.15) is 49.8 Å². The van der Waals surface area contributed by atoms with E-state index in [2.05, 4.69) is 10.6 Å². The van der Waals surface area contributed by atoms with Gasteiger partial charge in [-0.1, -0.05) is 0 Å². The lowest BCUT2D eigenvalue weighted by Gasteiger charge is -2.13. The van der Waals surface area contributed by atoms with E-state index in [9.17, 15) is 14.0 Å². The molecule has 1 aliphatic rings. The van der Waals surface area contributed by atoms with Gasteiger partial charge in [0.1, 0.15) is 16.6 Å². The molecule has 4 rings (SSSR count). The first-order valence-corrected chi connectivity index (χ1v) is 9.95. The zero-order valence-electron chi connectivity index (χ0n) is 15.1. The summed E-state index contributed by atoms with van der Waals surface area (Å²) < 4.78 is 18.4. The Morgan fingerprint density at radius 2 is 1.86 bits per heavy atom. The Morgan fingerprint density at radius 3 is 2.61 bits per heavy atom. The van der Waals surface area contributed by atoms with Gasteiger partial charge in [-0.25, -0.2) is 4.39 Å². The van der Waals surface area contributed by atoms with Crippen LogP contribution in [-0.4, -0.2) is 11.8 Å². The van der Waals surface area contributed by atoms with Crippen LogP contribution < -0.4 is 10.6 Å². The van der Waals surface area contributed by atoms with Gasteiger partial charge in [-0.05, 0) is 67.6 Å². The maximum absolute atomic E-state index is 13.1. The van der Waals surface area contributed by atoms with Crippen molar-refractivity contribution < 1.29 is 18.4 Å². The molecule has 0 spiro atoms. The third kappa shape index (κ3) is 3.84. The number of thiophene rings is 1. The minimum absolute atomic E-state index is 0.231. The molecular weight excluding hydrogens is 379 g/mol. The summed E-state index contributed by atoms with van der Waals surface area (Å²) in [7, 11) is 0. The first-order valence-electron chi connectivity index (χ1n) is 9.14. The normalized spacial score (nSPS) is 13.0. The molecule has 0 atom stereocenters. The fraction of sp³-hybridized carbons (Fsp3) is 0.238. The van der Waals surface area contributed by atoms with Crippen molar-refractivity contribution in [2.24, 2.45) is 0 Å². The number of aryl methyl sites for hydroxylation is 1. The van der Waals surface area contributed by atoms with Gasteiger partial charge in [0.2, 0.25) is 0 Å². The molecule has 2 N–H and O–H groups in total. The predicted octanol–water partition coefficient (Wildman–Crippen LogP) is 4.54. The molecule has 0 saturated carbocycles. The van der Waals surface area contributed by atoms with Crippen molar-refractivity contribution in [2.45, 2.75) is 32.2 Å². The largest absolute Gasteiger partial charge is 0.467 e. The third-order valence-electron chi connectivity index (χ3n) is 4.74. The number of amides is 2. The van der Waals surface area contributed by atoms with E-state index in [4.69, 9.17) is 4.42 Å². The van der Waals surface area contributed by atoms with Gasteiger partial charge in [-0.2, -0.15) is 0 Å². The molecule has 0 bridgehead atoms. The van der Waals surface area contributed by atoms with E-state index in [0.29, 0.717) is 21.9 Å². The van der Waals surface area contributed by atoms with Crippen LogP contribution in [0.5, 0.6) is 0 Å². The van der Waals surface area contributed by atoms with Gasteiger partial charge in [-0.15, -0.1) is 11.3 Å². The zero-order chi connectivity index (χ0) is 19.5. The van der Waals surface area contributed by atoms with Crippen LogP contribution in [0.25, 0.3) is 0 Å². The Hall–Kier alpha value is -2.93. The Labute approximate surface area is 165 Å². The number of carbonyl (C=O) groups is 2. The number of hydrogen-bond donors (Lipinski definition) is 2. The second-order valence-corrected chi connectivity index (χ2v) is 7.74. The average molecular weight is 398 g/mol. The number of fused-ring (bicyclic) bond motifs is 1. The van der Waals surface area contributed by atoms with Crippen molar-refractivity contribution in [3.8, 4) is 0 Å². The molecular formula is C21H19FN2O3S. The lowest BCUT2D eigenvalue weighted by atomic mass is 9.95. The summed E-state index contributed by atoms with van der Waals surface area (Å²) in [5.41, 5.74) is 1.89. The highest BCUT2D eigenvalue weighted by Gasteiger charge is 2.26. The summed E-state index contributed by atoms with van der Waals surface area (Å²) in [6.45, 7) is 0.280.